The number of nitrogens with zero attached hydrogens (tertiary/aromatic N) is 1. The van der Waals surface area contributed by atoms with Crippen molar-refractivity contribution in [3.63, 3.8) is 0 Å². The van der Waals surface area contributed by atoms with Gasteiger partial charge in [0.2, 0.25) is 0 Å². The van der Waals surface area contributed by atoms with Crippen LogP contribution < -0.4 is 10.7 Å². The van der Waals surface area contributed by atoms with E-state index in [4.69, 9.17) is 5.11 Å². The van der Waals surface area contributed by atoms with Gasteiger partial charge in [0.05, 0.1) is 6.04 Å². The lowest BCUT2D eigenvalue weighted by atomic mass is 10.00. The molecule has 12 heavy (non-hydrogen) atoms. The van der Waals surface area contributed by atoms with Gasteiger partial charge in [-0.05, 0) is 6.42 Å². The first-order valence-electron chi connectivity index (χ1n) is 3.79. The number of carboxylic acids is 1. The summed E-state index contributed by atoms with van der Waals surface area (Å²) in [5.74, 6) is -0.972. The number of carbonyl (C=O) groups is 1. The van der Waals surface area contributed by atoms with Crippen LogP contribution in [0.4, 0.5) is 0 Å². The lowest BCUT2D eigenvalue weighted by molar-refractivity contribution is -0.129. The highest BCUT2D eigenvalue weighted by molar-refractivity contribution is 6.43. The zero-order valence-electron chi connectivity index (χ0n) is 6.37. The number of hydrogen-bond donors (Lipinski definition) is 3. The van der Waals surface area contributed by atoms with Crippen LogP contribution in [-0.4, -0.2) is 29.4 Å². The van der Waals surface area contributed by atoms with Gasteiger partial charge in [-0.1, -0.05) is 0 Å². The molecule has 64 valence electrons. The summed E-state index contributed by atoms with van der Waals surface area (Å²) in [6, 6.07) is 0.0948. The van der Waals surface area contributed by atoms with Crippen molar-refractivity contribution in [3.05, 3.63) is 11.8 Å². The van der Waals surface area contributed by atoms with Crippen molar-refractivity contribution in [2.24, 2.45) is 5.10 Å². The summed E-state index contributed by atoms with van der Waals surface area (Å²) >= 11 is 0. The van der Waals surface area contributed by atoms with E-state index in [-0.39, 0.29) is 11.8 Å². The smallest absolute Gasteiger partial charge is 0.356 e. The monoisotopic (exact) mass is 167 g/mol. The average molecular weight is 167 g/mol. The van der Waals surface area contributed by atoms with Gasteiger partial charge in [-0.3, -0.25) is 0 Å². The fraction of sp³-hybridized carbons (Fsp3) is 0.429. The van der Waals surface area contributed by atoms with E-state index < -0.39 is 5.97 Å². The summed E-state index contributed by atoms with van der Waals surface area (Å²) in [5, 5.41) is 15.4. The van der Waals surface area contributed by atoms with Crippen molar-refractivity contribution >= 4 is 11.7 Å². The predicted molar refractivity (Wildman–Crippen MR) is 42.7 cm³/mol. The summed E-state index contributed by atoms with van der Waals surface area (Å²) in [5.41, 5.74) is 3.68. The molecule has 5 nitrogen and oxygen atoms in total. The van der Waals surface area contributed by atoms with E-state index in [1.54, 1.807) is 6.20 Å². The van der Waals surface area contributed by atoms with Crippen molar-refractivity contribution < 1.29 is 9.90 Å². The van der Waals surface area contributed by atoms with Gasteiger partial charge in [-0.25, -0.2) is 4.79 Å². The molecule has 0 saturated carbocycles. The number of aliphatic carboxylic acids is 1. The molecule has 0 amide bonds. The van der Waals surface area contributed by atoms with E-state index in [0.29, 0.717) is 0 Å². The van der Waals surface area contributed by atoms with Gasteiger partial charge in [0, 0.05) is 18.3 Å². The SMILES string of the molecule is O=C(O)C1=NNC2CCNC=C12. The molecule has 2 aliphatic rings. The third-order valence-electron chi connectivity index (χ3n) is 2.02. The molecular formula is C7H9N3O2. The topological polar surface area (TPSA) is 73.7 Å². The van der Waals surface area contributed by atoms with E-state index in [2.05, 4.69) is 15.8 Å². The van der Waals surface area contributed by atoms with E-state index in [1.165, 1.54) is 0 Å². The largest absolute Gasteiger partial charge is 0.476 e. The first-order valence-corrected chi connectivity index (χ1v) is 3.79. The normalized spacial score (nSPS) is 26.2. The fourth-order valence-electron chi connectivity index (χ4n) is 1.41. The zero-order chi connectivity index (χ0) is 8.55. The molecule has 1 unspecified atom stereocenters. The van der Waals surface area contributed by atoms with Crippen molar-refractivity contribution in [1.29, 1.82) is 0 Å². The molecule has 2 rings (SSSR count). The summed E-state index contributed by atoms with van der Waals surface area (Å²) in [6.07, 6.45) is 2.60. The van der Waals surface area contributed by atoms with Gasteiger partial charge in [-0.15, -0.1) is 0 Å². The Morgan fingerprint density at radius 3 is 3.33 bits per heavy atom. The molecule has 0 bridgehead atoms. The Morgan fingerprint density at radius 1 is 1.75 bits per heavy atom. The number of carboxylic acid groups (broad SMARTS) is 1. The molecule has 5 heteroatoms. The van der Waals surface area contributed by atoms with Crippen LogP contribution in [0.5, 0.6) is 0 Å². The summed E-state index contributed by atoms with van der Waals surface area (Å²) < 4.78 is 0. The Hall–Kier alpha value is -1.52. The standard InChI is InChI=1S/C7H9N3O2/c11-7(12)6-4-3-8-2-1-5(4)9-10-6/h3,5,8-9H,1-2H2,(H,11,12). The second-order valence-corrected chi connectivity index (χ2v) is 2.79. The zero-order valence-corrected chi connectivity index (χ0v) is 6.37. The van der Waals surface area contributed by atoms with E-state index in [1.807, 2.05) is 0 Å². The number of hydrazone groups is 1. The van der Waals surface area contributed by atoms with Crippen LogP contribution in [-0.2, 0) is 4.79 Å². The van der Waals surface area contributed by atoms with Crippen LogP contribution in [0.1, 0.15) is 6.42 Å². The molecule has 0 saturated heterocycles. The first kappa shape index (κ1) is 7.15. The molecule has 0 spiro atoms. The summed E-state index contributed by atoms with van der Waals surface area (Å²) in [4.78, 5) is 10.6. The second-order valence-electron chi connectivity index (χ2n) is 2.79. The van der Waals surface area contributed by atoms with Crippen molar-refractivity contribution in [1.82, 2.24) is 10.7 Å². The fourth-order valence-corrected chi connectivity index (χ4v) is 1.41. The van der Waals surface area contributed by atoms with Crippen LogP contribution in [0.3, 0.4) is 0 Å². The van der Waals surface area contributed by atoms with Gasteiger partial charge in [-0.2, -0.15) is 5.10 Å². The highest BCUT2D eigenvalue weighted by Gasteiger charge is 2.30. The van der Waals surface area contributed by atoms with Crippen LogP contribution in [0, 0.1) is 0 Å². The maximum absolute atomic E-state index is 10.6. The van der Waals surface area contributed by atoms with Crippen LogP contribution in [0.15, 0.2) is 16.9 Å². The number of hydrogen-bond acceptors (Lipinski definition) is 4. The van der Waals surface area contributed by atoms with Crippen molar-refractivity contribution in [2.75, 3.05) is 6.54 Å². The molecule has 1 atom stereocenters. The Morgan fingerprint density at radius 2 is 2.58 bits per heavy atom. The molecule has 3 N–H and O–H groups in total. The number of rotatable bonds is 1. The molecule has 0 aromatic heterocycles. The lowest BCUT2D eigenvalue weighted by Gasteiger charge is -2.17. The van der Waals surface area contributed by atoms with Crippen LogP contribution >= 0.6 is 0 Å². The predicted octanol–water partition coefficient (Wildman–Crippen LogP) is -0.724. The quantitative estimate of drug-likeness (QED) is 0.481. The Kier molecular flexibility index (Phi) is 1.49. The first-order chi connectivity index (χ1) is 5.79. The Balaban J connectivity index is 2.28. The molecule has 0 radical (unpaired) electrons. The van der Waals surface area contributed by atoms with E-state index in [0.717, 1.165) is 18.5 Å². The second kappa shape index (κ2) is 2.51. The molecule has 0 aromatic rings. The molecule has 0 aliphatic carbocycles. The minimum Gasteiger partial charge on any atom is -0.476 e. The van der Waals surface area contributed by atoms with Crippen LogP contribution in [0.25, 0.3) is 0 Å². The highest BCUT2D eigenvalue weighted by Crippen LogP contribution is 2.16. The third kappa shape index (κ3) is 0.939. The summed E-state index contributed by atoms with van der Waals surface area (Å²) in [6.45, 7) is 0.865. The molecular weight excluding hydrogens is 158 g/mol. The Bertz CT molecular complexity index is 282. The van der Waals surface area contributed by atoms with Gasteiger partial charge in [0.15, 0.2) is 5.71 Å². The molecule has 2 heterocycles. The van der Waals surface area contributed by atoms with E-state index >= 15 is 0 Å². The van der Waals surface area contributed by atoms with Gasteiger partial charge in [0.25, 0.3) is 0 Å². The maximum atomic E-state index is 10.6. The van der Waals surface area contributed by atoms with Gasteiger partial charge >= 0.3 is 5.97 Å². The summed E-state index contributed by atoms with van der Waals surface area (Å²) in [7, 11) is 0. The molecule has 0 fully saturated rings. The highest BCUT2D eigenvalue weighted by atomic mass is 16.4. The molecule has 0 aromatic carbocycles. The van der Waals surface area contributed by atoms with Crippen molar-refractivity contribution in [2.45, 2.75) is 12.5 Å². The average Bonchev–Trinajstić information content (AvgIpc) is 2.47. The third-order valence-corrected chi connectivity index (χ3v) is 2.02. The Labute approximate surface area is 69.1 Å². The van der Waals surface area contributed by atoms with Gasteiger partial charge in [0.1, 0.15) is 0 Å². The minimum absolute atomic E-state index is 0.0948. The van der Waals surface area contributed by atoms with Crippen LogP contribution in [0.2, 0.25) is 0 Å². The minimum atomic E-state index is -0.972. The maximum Gasteiger partial charge on any atom is 0.356 e. The lowest BCUT2D eigenvalue weighted by Crippen LogP contribution is -2.32. The van der Waals surface area contributed by atoms with Gasteiger partial charge < -0.3 is 15.8 Å². The van der Waals surface area contributed by atoms with Crippen molar-refractivity contribution in [3.8, 4) is 0 Å². The number of fused-ring (bicyclic) bond motifs is 1. The molecule has 2 aliphatic heterocycles. The van der Waals surface area contributed by atoms with E-state index in [9.17, 15) is 4.79 Å². The number of nitrogens with one attached hydrogen (secondary N) is 2.